The number of hydrogen-bond donors (Lipinski definition) is 6. The Hall–Kier alpha value is -7.82. The lowest BCUT2D eigenvalue weighted by Gasteiger charge is -2.09. The van der Waals surface area contributed by atoms with E-state index in [4.69, 9.17) is 37.8 Å². The molecular formula is C43H34Cl2N10O6. The van der Waals surface area contributed by atoms with Gasteiger partial charge in [-0.1, -0.05) is 47.5 Å². The summed E-state index contributed by atoms with van der Waals surface area (Å²) in [4.78, 5) is 40.7. The summed E-state index contributed by atoms with van der Waals surface area (Å²) in [5.74, 6) is -0.186. The lowest BCUT2D eigenvalue weighted by molar-refractivity contribution is 0.0525. The Morgan fingerprint density at radius 3 is 1.79 bits per heavy atom. The minimum absolute atomic E-state index is 0.0220. The van der Waals surface area contributed by atoms with E-state index in [9.17, 15) is 14.7 Å². The molecule has 0 saturated carbocycles. The van der Waals surface area contributed by atoms with Crippen molar-refractivity contribution in [3.05, 3.63) is 143 Å². The highest BCUT2D eigenvalue weighted by Crippen LogP contribution is 2.36. The molecule has 61 heavy (non-hydrogen) atoms. The van der Waals surface area contributed by atoms with Crippen LogP contribution in [0.2, 0.25) is 10.0 Å². The molecule has 306 valence electrons. The monoisotopic (exact) mass is 856 g/mol. The van der Waals surface area contributed by atoms with Gasteiger partial charge in [0.05, 0.1) is 70.1 Å². The van der Waals surface area contributed by atoms with Crippen molar-refractivity contribution in [3.8, 4) is 56.5 Å². The molecule has 8 aromatic rings. The Bertz CT molecular complexity index is 2850. The van der Waals surface area contributed by atoms with Crippen LogP contribution in [0.15, 0.2) is 122 Å². The number of nitrogens with zero attached hydrogens (tertiary/aromatic N) is 6. The van der Waals surface area contributed by atoms with Crippen molar-refractivity contribution < 1.29 is 29.3 Å². The quantitative estimate of drug-likeness (QED) is 0.0630. The number of carbonyl (C=O) groups excluding carboxylic acids is 1. The number of carboxylic acid groups (broad SMARTS) is 1. The fraction of sp³-hybridized carbons (Fsp3) is 0.0698. The van der Waals surface area contributed by atoms with Gasteiger partial charge < -0.3 is 30.3 Å². The molecule has 0 fully saturated rings. The van der Waals surface area contributed by atoms with Gasteiger partial charge in [-0.2, -0.15) is 10.2 Å². The summed E-state index contributed by atoms with van der Waals surface area (Å²) in [6.45, 7) is 2.06. The van der Waals surface area contributed by atoms with E-state index >= 15 is 0 Å². The second-order valence-electron chi connectivity index (χ2n) is 12.8. The lowest BCUT2D eigenvalue weighted by atomic mass is 10.1. The molecule has 4 aromatic heterocycles. The van der Waals surface area contributed by atoms with Crippen LogP contribution in [-0.2, 0) is 4.74 Å². The molecule has 0 atom stereocenters. The topological polar surface area (TPSA) is 226 Å². The van der Waals surface area contributed by atoms with E-state index in [-0.39, 0.29) is 16.3 Å². The summed E-state index contributed by atoms with van der Waals surface area (Å²) in [6.07, 6.45) is 6.56. The smallest absolute Gasteiger partial charge is 0.338 e. The first-order valence-corrected chi connectivity index (χ1v) is 19.1. The number of esters is 1. The first-order valence-electron chi connectivity index (χ1n) is 18.3. The van der Waals surface area contributed by atoms with Crippen LogP contribution in [0.25, 0.3) is 45.0 Å². The highest BCUT2D eigenvalue weighted by atomic mass is 35.5. The molecule has 0 aliphatic rings. The number of carbonyl (C=O) groups is 2. The molecule has 8 rings (SSSR count). The number of nitrogens with one attached hydrogen (secondary N) is 4. The Kier molecular flexibility index (Phi) is 12.8. The van der Waals surface area contributed by atoms with E-state index in [2.05, 4.69) is 51.0 Å². The van der Waals surface area contributed by atoms with Gasteiger partial charge in [0.1, 0.15) is 11.5 Å². The number of methoxy groups -OCH3 is 1. The third kappa shape index (κ3) is 9.90. The lowest BCUT2D eigenvalue weighted by Crippen LogP contribution is -2.05. The molecule has 0 spiro atoms. The van der Waals surface area contributed by atoms with Gasteiger partial charge in [-0.05, 0) is 79.7 Å². The number of H-pyrrole nitrogens is 2. The highest BCUT2D eigenvalue weighted by Gasteiger charge is 2.16. The van der Waals surface area contributed by atoms with Crippen LogP contribution in [0.4, 0.5) is 23.3 Å². The second kappa shape index (κ2) is 18.8. The van der Waals surface area contributed by atoms with Gasteiger partial charge >= 0.3 is 11.9 Å². The number of aromatic nitrogens is 8. The SMILES string of the molecule is CCOC(=O)c1cccc(Nc2nccc(-c3cn[nH]c3-c3ccc(Cl)c(O)c3)n2)c1.COc1cc(-c2[nH]ncc2-c2ccnc(Nc3cccc(C(=O)O)c3)n2)ccc1Cl. The predicted octanol–water partition coefficient (Wildman–Crippen LogP) is 9.45. The number of phenols is 1. The van der Waals surface area contributed by atoms with Crippen molar-refractivity contribution >= 4 is 58.4 Å². The summed E-state index contributed by atoms with van der Waals surface area (Å²) < 4.78 is 10.3. The Balaban J connectivity index is 0.000000184. The normalized spacial score (nSPS) is 10.6. The van der Waals surface area contributed by atoms with E-state index in [1.165, 1.54) is 12.1 Å². The van der Waals surface area contributed by atoms with E-state index in [0.29, 0.717) is 68.9 Å². The number of carboxylic acids is 1. The molecule has 4 heterocycles. The first-order chi connectivity index (χ1) is 29.6. The van der Waals surface area contributed by atoms with Crippen LogP contribution >= 0.6 is 23.2 Å². The summed E-state index contributed by atoms with van der Waals surface area (Å²) in [7, 11) is 1.56. The molecule has 0 saturated heterocycles. The number of aromatic carboxylic acids is 1. The minimum atomic E-state index is -1.00. The summed E-state index contributed by atoms with van der Waals surface area (Å²) in [5, 5.41) is 40.2. The fourth-order valence-electron chi connectivity index (χ4n) is 5.95. The van der Waals surface area contributed by atoms with Crippen LogP contribution in [0.5, 0.6) is 11.5 Å². The molecule has 16 nitrogen and oxygen atoms in total. The Morgan fingerprint density at radius 1 is 0.705 bits per heavy atom. The van der Waals surface area contributed by atoms with Crippen molar-refractivity contribution in [2.45, 2.75) is 6.92 Å². The second-order valence-corrected chi connectivity index (χ2v) is 13.6. The van der Waals surface area contributed by atoms with Crippen molar-refractivity contribution in [3.63, 3.8) is 0 Å². The molecule has 18 heteroatoms. The molecule has 0 aliphatic carbocycles. The maximum Gasteiger partial charge on any atom is 0.338 e. The van der Waals surface area contributed by atoms with Gasteiger partial charge in [-0.3, -0.25) is 10.2 Å². The number of aromatic hydroxyl groups is 1. The predicted molar refractivity (Wildman–Crippen MR) is 231 cm³/mol. The average molecular weight is 858 g/mol. The molecule has 0 amide bonds. The molecular weight excluding hydrogens is 823 g/mol. The largest absolute Gasteiger partial charge is 0.506 e. The van der Waals surface area contributed by atoms with E-state index < -0.39 is 11.9 Å². The average Bonchev–Trinajstić information content (AvgIpc) is 3.97. The number of benzene rings is 4. The van der Waals surface area contributed by atoms with Crippen molar-refractivity contribution in [2.24, 2.45) is 0 Å². The van der Waals surface area contributed by atoms with Crippen LogP contribution in [0, 0.1) is 0 Å². The van der Waals surface area contributed by atoms with Gasteiger partial charge in [0.2, 0.25) is 11.9 Å². The van der Waals surface area contributed by atoms with Crippen molar-refractivity contribution in [2.75, 3.05) is 24.4 Å². The number of ether oxygens (including phenoxy) is 2. The number of hydrogen-bond acceptors (Lipinski definition) is 13. The third-order valence-corrected chi connectivity index (χ3v) is 9.44. The number of anilines is 4. The molecule has 0 aliphatic heterocycles. The number of rotatable bonds is 12. The van der Waals surface area contributed by atoms with Crippen LogP contribution < -0.4 is 15.4 Å². The zero-order valence-electron chi connectivity index (χ0n) is 32.2. The summed E-state index contributed by atoms with van der Waals surface area (Å²) in [6, 6.07) is 27.2. The summed E-state index contributed by atoms with van der Waals surface area (Å²) >= 11 is 12.0. The number of aromatic amines is 2. The fourth-order valence-corrected chi connectivity index (χ4v) is 6.26. The third-order valence-electron chi connectivity index (χ3n) is 8.81. The summed E-state index contributed by atoms with van der Waals surface area (Å²) in [5.41, 5.74) is 7.57. The van der Waals surface area contributed by atoms with E-state index in [0.717, 1.165) is 22.4 Å². The van der Waals surface area contributed by atoms with E-state index in [1.807, 2.05) is 12.1 Å². The standard InChI is InChI=1S/C22H18ClN5O3.C21H16ClN5O3/c1-2-31-21(30)14-4-3-5-15(10-14)26-22-24-9-8-18(27-22)16-12-25-28-20(16)13-6-7-17(23)19(29)11-13;1-30-18-10-12(5-6-16(18)22)19-15(11-24-27-19)17-7-8-23-21(26-17)25-14-4-2-3-13(9-14)20(28)29/h3-12,29H,2H2,1H3,(H,25,28)(H,24,26,27);2-11H,1H3,(H,24,27)(H,28,29)(H,23,25,26). The van der Waals surface area contributed by atoms with Crippen molar-refractivity contribution in [1.29, 1.82) is 0 Å². The Morgan fingerprint density at radius 2 is 1.25 bits per heavy atom. The van der Waals surface area contributed by atoms with Crippen LogP contribution in [0.1, 0.15) is 27.6 Å². The van der Waals surface area contributed by atoms with Gasteiger partial charge in [-0.25, -0.2) is 29.5 Å². The van der Waals surface area contributed by atoms with Crippen LogP contribution in [-0.4, -0.2) is 76.2 Å². The number of phenolic OH excluding ortho intramolecular Hbond substituents is 1. The number of halogens is 2. The van der Waals surface area contributed by atoms with Gasteiger partial charge in [-0.15, -0.1) is 0 Å². The minimum Gasteiger partial charge on any atom is -0.506 e. The van der Waals surface area contributed by atoms with E-state index in [1.54, 1.807) is 112 Å². The molecule has 0 radical (unpaired) electrons. The maximum atomic E-state index is 12.0. The molecule has 0 unspecified atom stereocenters. The highest BCUT2D eigenvalue weighted by molar-refractivity contribution is 6.32. The van der Waals surface area contributed by atoms with Gasteiger partial charge in [0, 0.05) is 46.0 Å². The first kappa shape index (κ1) is 41.3. The molecule has 6 N–H and O–H groups in total. The zero-order chi connectivity index (χ0) is 42.9. The zero-order valence-corrected chi connectivity index (χ0v) is 33.7. The van der Waals surface area contributed by atoms with Crippen molar-refractivity contribution in [1.82, 2.24) is 40.3 Å². The molecule has 0 bridgehead atoms. The maximum absolute atomic E-state index is 12.0. The van der Waals surface area contributed by atoms with Gasteiger partial charge in [0.25, 0.3) is 0 Å². The van der Waals surface area contributed by atoms with Crippen LogP contribution in [0.3, 0.4) is 0 Å². The Labute approximate surface area is 357 Å². The van der Waals surface area contributed by atoms with Gasteiger partial charge in [0.15, 0.2) is 0 Å². The molecule has 4 aromatic carbocycles.